The molecule has 0 bridgehead atoms. The van der Waals surface area contributed by atoms with Crippen LogP contribution in [0.1, 0.15) is 19.5 Å². The van der Waals surface area contributed by atoms with Crippen LogP contribution in [-0.2, 0) is 6.42 Å². The van der Waals surface area contributed by atoms with Gasteiger partial charge in [-0.25, -0.2) is 9.97 Å². The maximum atomic E-state index is 6.20. The van der Waals surface area contributed by atoms with Gasteiger partial charge < -0.3 is 0 Å². The molecule has 0 radical (unpaired) electrons. The van der Waals surface area contributed by atoms with Crippen molar-refractivity contribution in [2.24, 2.45) is 5.92 Å². The molecular weight excluding hydrogens is 394 g/mol. The quantitative estimate of drug-likeness (QED) is 0.513. The van der Waals surface area contributed by atoms with Crippen molar-refractivity contribution in [3.8, 4) is 11.4 Å². The molecule has 2 nitrogen and oxygen atoms in total. The zero-order chi connectivity index (χ0) is 14.0. The van der Waals surface area contributed by atoms with Gasteiger partial charge in [0.15, 0.2) is 5.82 Å². The van der Waals surface area contributed by atoms with Gasteiger partial charge in [0.25, 0.3) is 0 Å². The lowest BCUT2D eigenvalue weighted by atomic mass is 10.1. The fourth-order valence-corrected chi connectivity index (χ4v) is 2.58. The lowest BCUT2D eigenvalue weighted by molar-refractivity contribution is 0.632. The molecule has 0 unspecified atom stereocenters. The van der Waals surface area contributed by atoms with Crippen molar-refractivity contribution < 1.29 is 0 Å². The largest absolute Gasteiger partial charge is 0.232 e. The Hall–Kier alpha value is -0.390. The van der Waals surface area contributed by atoms with Gasteiger partial charge in [-0.2, -0.15) is 0 Å². The van der Waals surface area contributed by atoms with E-state index in [0.29, 0.717) is 21.9 Å². The van der Waals surface area contributed by atoms with E-state index in [1.165, 1.54) is 0 Å². The van der Waals surface area contributed by atoms with Crippen LogP contribution in [0.2, 0.25) is 10.2 Å². The van der Waals surface area contributed by atoms with Crippen molar-refractivity contribution in [2.45, 2.75) is 20.3 Å². The number of hydrogen-bond acceptors (Lipinski definition) is 2. The Morgan fingerprint density at radius 2 is 1.95 bits per heavy atom. The lowest BCUT2D eigenvalue weighted by Gasteiger charge is -2.10. The fourth-order valence-electron chi connectivity index (χ4n) is 1.74. The molecule has 0 N–H and O–H groups in total. The monoisotopic (exact) mass is 406 g/mol. The van der Waals surface area contributed by atoms with Crippen molar-refractivity contribution in [1.29, 1.82) is 0 Å². The average molecular weight is 407 g/mol. The third-order valence-corrected chi connectivity index (χ3v) is 4.52. The molecule has 0 aliphatic heterocycles. The normalized spacial score (nSPS) is 11.1. The van der Waals surface area contributed by atoms with Gasteiger partial charge >= 0.3 is 0 Å². The third-order valence-electron chi connectivity index (χ3n) is 2.56. The Bertz CT molecular complexity index is 600. The van der Waals surface area contributed by atoms with E-state index in [-0.39, 0.29) is 0 Å². The second-order valence-corrected chi connectivity index (χ2v) is 6.58. The van der Waals surface area contributed by atoms with Gasteiger partial charge in [0.05, 0.1) is 9.26 Å². The van der Waals surface area contributed by atoms with Crippen LogP contribution in [0, 0.1) is 9.49 Å². The smallest absolute Gasteiger partial charge is 0.161 e. The van der Waals surface area contributed by atoms with Crippen molar-refractivity contribution in [3.05, 3.63) is 43.7 Å². The summed E-state index contributed by atoms with van der Waals surface area (Å²) in [6, 6.07) is 7.49. The van der Waals surface area contributed by atoms with Crippen LogP contribution >= 0.6 is 45.8 Å². The first kappa shape index (κ1) is 15.0. The summed E-state index contributed by atoms with van der Waals surface area (Å²) in [5.74, 6) is 1.15. The van der Waals surface area contributed by atoms with Gasteiger partial charge in [0.2, 0.25) is 0 Å². The summed E-state index contributed by atoms with van der Waals surface area (Å²) in [6.45, 7) is 4.32. The van der Waals surface area contributed by atoms with Crippen LogP contribution in [0.25, 0.3) is 11.4 Å². The summed E-state index contributed by atoms with van der Waals surface area (Å²) in [7, 11) is 0. The maximum absolute atomic E-state index is 6.20. The number of aromatic nitrogens is 2. The van der Waals surface area contributed by atoms with Crippen molar-refractivity contribution in [2.75, 3.05) is 0 Å². The van der Waals surface area contributed by atoms with Crippen LogP contribution in [0.15, 0.2) is 24.3 Å². The van der Waals surface area contributed by atoms with Crippen LogP contribution in [0.3, 0.4) is 0 Å². The molecule has 0 atom stereocenters. The zero-order valence-corrected chi connectivity index (χ0v) is 14.3. The van der Waals surface area contributed by atoms with Crippen LogP contribution in [0.4, 0.5) is 0 Å². The van der Waals surface area contributed by atoms with E-state index in [4.69, 9.17) is 23.2 Å². The molecule has 0 fully saturated rings. The van der Waals surface area contributed by atoms with Gasteiger partial charge in [0, 0.05) is 10.6 Å². The topological polar surface area (TPSA) is 25.8 Å². The highest BCUT2D eigenvalue weighted by atomic mass is 127. The van der Waals surface area contributed by atoms with Crippen LogP contribution in [-0.4, -0.2) is 9.97 Å². The molecule has 1 heterocycles. The highest BCUT2D eigenvalue weighted by Crippen LogP contribution is 2.26. The predicted molar refractivity (Wildman–Crippen MR) is 88.7 cm³/mol. The number of benzene rings is 1. The van der Waals surface area contributed by atoms with Crippen molar-refractivity contribution >= 4 is 45.8 Å². The van der Waals surface area contributed by atoms with Gasteiger partial charge in [-0.15, -0.1) is 0 Å². The number of rotatable bonds is 3. The van der Waals surface area contributed by atoms with E-state index in [2.05, 4.69) is 46.4 Å². The SMILES string of the molecule is CC(C)Cc1nc(-c2cccc(Cl)c2)nc(Cl)c1I. The van der Waals surface area contributed by atoms with E-state index in [1.54, 1.807) is 0 Å². The first-order valence-corrected chi connectivity index (χ1v) is 7.78. The Labute approximate surface area is 136 Å². The van der Waals surface area contributed by atoms with E-state index < -0.39 is 0 Å². The molecule has 2 aromatic rings. The molecule has 5 heteroatoms. The second kappa shape index (κ2) is 6.37. The molecule has 0 spiro atoms. The zero-order valence-electron chi connectivity index (χ0n) is 10.6. The van der Waals surface area contributed by atoms with E-state index in [9.17, 15) is 0 Å². The minimum Gasteiger partial charge on any atom is -0.232 e. The van der Waals surface area contributed by atoms with Crippen molar-refractivity contribution in [3.63, 3.8) is 0 Å². The summed E-state index contributed by atoms with van der Waals surface area (Å²) < 4.78 is 0.929. The van der Waals surface area contributed by atoms with Gasteiger partial charge in [-0.05, 0) is 47.1 Å². The number of halogens is 3. The standard InChI is InChI=1S/C14H13Cl2IN2/c1-8(2)6-11-12(17)13(16)19-14(18-11)9-4-3-5-10(15)7-9/h3-5,7-8H,6H2,1-2H3. The molecule has 0 saturated carbocycles. The van der Waals surface area contributed by atoms with E-state index >= 15 is 0 Å². The lowest BCUT2D eigenvalue weighted by Crippen LogP contribution is -2.04. The Morgan fingerprint density at radius 1 is 1.21 bits per heavy atom. The van der Waals surface area contributed by atoms with Crippen LogP contribution in [0.5, 0.6) is 0 Å². The molecule has 1 aromatic carbocycles. The maximum Gasteiger partial charge on any atom is 0.161 e. The molecule has 0 amide bonds. The van der Waals surface area contributed by atoms with E-state index in [1.807, 2.05) is 24.3 Å². The Morgan fingerprint density at radius 3 is 2.58 bits per heavy atom. The molecule has 1 aromatic heterocycles. The van der Waals surface area contributed by atoms with Crippen molar-refractivity contribution in [1.82, 2.24) is 9.97 Å². The number of nitrogens with zero attached hydrogens (tertiary/aromatic N) is 2. The first-order valence-electron chi connectivity index (χ1n) is 5.95. The van der Waals surface area contributed by atoms with Crippen LogP contribution < -0.4 is 0 Å². The predicted octanol–water partition coefficient (Wildman–Crippen LogP) is 5.25. The highest BCUT2D eigenvalue weighted by molar-refractivity contribution is 14.1. The fraction of sp³-hybridized carbons (Fsp3) is 0.286. The Balaban J connectivity index is 2.50. The van der Waals surface area contributed by atoms with Gasteiger partial charge in [0.1, 0.15) is 5.15 Å². The summed E-state index contributed by atoms with van der Waals surface area (Å²) in [5, 5.41) is 1.17. The molecule has 0 aliphatic rings. The Kier molecular flexibility index (Phi) is 5.03. The summed E-state index contributed by atoms with van der Waals surface area (Å²) in [6.07, 6.45) is 0.883. The summed E-state index contributed by atoms with van der Waals surface area (Å²) in [4.78, 5) is 8.96. The number of hydrogen-bond donors (Lipinski definition) is 0. The second-order valence-electron chi connectivity index (χ2n) is 4.71. The van der Waals surface area contributed by atoms with Gasteiger partial charge in [-0.3, -0.25) is 0 Å². The van der Waals surface area contributed by atoms with E-state index in [0.717, 1.165) is 21.2 Å². The molecule has 0 aliphatic carbocycles. The minimum absolute atomic E-state index is 0.501. The molecule has 19 heavy (non-hydrogen) atoms. The molecular formula is C14H13Cl2IN2. The molecule has 2 rings (SSSR count). The van der Waals surface area contributed by atoms with Gasteiger partial charge in [-0.1, -0.05) is 49.2 Å². The highest BCUT2D eigenvalue weighted by Gasteiger charge is 2.13. The third kappa shape index (κ3) is 3.80. The molecule has 0 saturated heterocycles. The average Bonchev–Trinajstić information content (AvgIpc) is 2.34. The molecule has 100 valence electrons. The minimum atomic E-state index is 0.501. The summed E-state index contributed by atoms with van der Waals surface area (Å²) >= 11 is 14.4. The summed E-state index contributed by atoms with van der Waals surface area (Å²) in [5.41, 5.74) is 1.88. The first-order chi connectivity index (χ1) is 8.97.